The molecule has 2 aromatic carbocycles. The molecule has 122 valence electrons. The number of benzene rings is 2. The summed E-state index contributed by atoms with van der Waals surface area (Å²) in [5, 5.41) is 7.85. The third-order valence-electron chi connectivity index (χ3n) is 3.80. The van der Waals surface area contributed by atoms with Crippen molar-refractivity contribution < 1.29 is 4.79 Å². The number of hydrogen-bond donors (Lipinski definition) is 1. The Morgan fingerprint density at radius 3 is 2.38 bits per heavy atom. The smallest absolute Gasteiger partial charge is 0.248 e. The SMILES string of the molecule is CCCC(=O)n1nc(-c2ccccc2)cc1NCc1ccccc1. The van der Waals surface area contributed by atoms with Crippen molar-refractivity contribution in [2.75, 3.05) is 5.32 Å². The lowest BCUT2D eigenvalue weighted by atomic mass is 10.1. The maximum Gasteiger partial charge on any atom is 0.248 e. The van der Waals surface area contributed by atoms with Crippen molar-refractivity contribution in [1.82, 2.24) is 9.78 Å². The summed E-state index contributed by atoms with van der Waals surface area (Å²) < 4.78 is 1.49. The largest absolute Gasteiger partial charge is 0.366 e. The standard InChI is InChI=1S/C20H21N3O/c1-2-9-20(24)23-19(21-15-16-10-5-3-6-11-16)14-18(22-23)17-12-7-4-8-13-17/h3-8,10-14,21H,2,9,15H2,1H3. The molecule has 3 aromatic rings. The molecule has 0 aliphatic heterocycles. The fraction of sp³-hybridized carbons (Fsp3) is 0.200. The number of nitrogens with one attached hydrogen (secondary N) is 1. The van der Waals surface area contributed by atoms with Crippen molar-refractivity contribution in [3.8, 4) is 11.3 Å². The number of aromatic nitrogens is 2. The second kappa shape index (κ2) is 7.59. The van der Waals surface area contributed by atoms with Crippen LogP contribution in [0.15, 0.2) is 66.7 Å². The molecule has 1 N–H and O–H groups in total. The first-order valence-corrected chi connectivity index (χ1v) is 8.24. The van der Waals surface area contributed by atoms with Gasteiger partial charge in [-0.2, -0.15) is 9.78 Å². The Morgan fingerprint density at radius 1 is 1.04 bits per heavy atom. The maximum absolute atomic E-state index is 12.4. The average molecular weight is 319 g/mol. The number of anilines is 1. The van der Waals surface area contributed by atoms with E-state index in [0.29, 0.717) is 13.0 Å². The van der Waals surface area contributed by atoms with Gasteiger partial charge >= 0.3 is 0 Å². The van der Waals surface area contributed by atoms with Crippen LogP contribution < -0.4 is 5.32 Å². The summed E-state index contributed by atoms with van der Waals surface area (Å²) >= 11 is 0. The third kappa shape index (κ3) is 3.71. The van der Waals surface area contributed by atoms with Gasteiger partial charge < -0.3 is 5.32 Å². The fourth-order valence-corrected chi connectivity index (χ4v) is 2.56. The van der Waals surface area contributed by atoms with E-state index in [-0.39, 0.29) is 5.91 Å². The summed E-state index contributed by atoms with van der Waals surface area (Å²) in [7, 11) is 0. The predicted molar refractivity (Wildman–Crippen MR) is 97.0 cm³/mol. The summed E-state index contributed by atoms with van der Waals surface area (Å²) in [6, 6.07) is 22.0. The van der Waals surface area contributed by atoms with E-state index in [9.17, 15) is 4.79 Å². The topological polar surface area (TPSA) is 46.9 Å². The van der Waals surface area contributed by atoms with Crippen LogP contribution in [-0.4, -0.2) is 15.7 Å². The molecule has 0 fully saturated rings. The van der Waals surface area contributed by atoms with Gasteiger partial charge in [-0.15, -0.1) is 0 Å². The fourth-order valence-electron chi connectivity index (χ4n) is 2.56. The first kappa shape index (κ1) is 16.0. The molecular formula is C20H21N3O. The molecule has 0 atom stereocenters. The highest BCUT2D eigenvalue weighted by atomic mass is 16.2. The van der Waals surface area contributed by atoms with Crippen LogP contribution in [0.25, 0.3) is 11.3 Å². The van der Waals surface area contributed by atoms with Crippen molar-refractivity contribution >= 4 is 11.7 Å². The summed E-state index contributed by atoms with van der Waals surface area (Å²) in [6.45, 7) is 2.65. The highest BCUT2D eigenvalue weighted by Crippen LogP contribution is 2.22. The van der Waals surface area contributed by atoms with Crippen molar-refractivity contribution in [2.24, 2.45) is 0 Å². The van der Waals surface area contributed by atoms with Crippen LogP contribution in [0.5, 0.6) is 0 Å². The first-order chi connectivity index (χ1) is 11.8. The van der Waals surface area contributed by atoms with Crippen LogP contribution in [0.4, 0.5) is 5.82 Å². The molecule has 1 heterocycles. The van der Waals surface area contributed by atoms with Crippen LogP contribution in [-0.2, 0) is 6.54 Å². The second-order valence-electron chi connectivity index (χ2n) is 5.68. The van der Waals surface area contributed by atoms with Crippen LogP contribution in [0.2, 0.25) is 0 Å². The normalized spacial score (nSPS) is 10.5. The Kier molecular flexibility index (Phi) is 5.06. The van der Waals surface area contributed by atoms with Crippen molar-refractivity contribution in [3.05, 3.63) is 72.3 Å². The van der Waals surface area contributed by atoms with Crippen LogP contribution >= 0.6 is 0 Å². The minimum Gasteiger partial charge on any atom is -0.366 e. The number of carbonyl (C=O) groups is 1. The van der Waals surface area contributed by atoms with E-state index < -0.39 is 0 Å². The highest BCUT2D eigenvalue weighted by molar-refractivity contribution is 5.83. The maximum atomic E-state index is 12.4. The number of rotatable bonds is 6. The molecule has 1 aromatic heterocycles. The quantitative estimate of drug-likeness (QED) is 0.722. The van der Waals surface area contributed by atoms with Gasteiger partial charge in [-0.05, 0) is 12.0 Å². The molecule has 0 aliphatic carbocycles. The Bertz CT molecular complexity index is 794. The van der Waals surface area contributed by atoms with Gasteiger partial charge in [0.2, 0.25) is 5.91 Å². The van der Waals surface area contributed by atoms with Crippen molar-refractivity contribution in [2.45, 2.75) is 26.3 Å². The Hall–Kier alpha value is -2.88. The lowest BCUT2D eigenvalue weighted by Gasteiger charge is -2.08. The molecule has 0 radical (unpaired) electrons. The molecule has 0 spiro atoms. The van der Waals surface area contributed by atoms with Crippen LogP contribution in [0, 0.1) is 0 Å². The van der Waals surface area contributed by atoms with Gasteiger partial charge in [0.05, 0.1) is 5.69 Å². The average Bonchev–Trinajstić information content (AvgIpc) is 3.06. The molecule has 0 amide bonds. The number of carbonyl (C=O) groups excluding carboxylic acids is 1. The molecule has 24 heavy (non-hydrogen) atoms. The Labute approximate surface area is 142 Å². The first-order valence-electron chi connectivity index (χ1n) is 8.24. The van der Waals surface area contributed by atoms with E-state index in [1.54, 1.807) is 0 Å². The van der Waals surface area contributed by atoms with Crippen LogP contribution in [0.1, 0.15) is 30.1 Å². The second-order valence-corrected chi connectivity index (χ2v) is 5.68. The van der Waals surface area contributed by atoms with Gasteiger partial charge in [0, 0.05) is 24.6 Å². The molecule has 4 nitrogen and oxygen atoms in total. The Balaban J connectivity index is 1.87. The summed E-state index contributed by atoms with van der Waals surface area (Å²) in [4.78, 5) is 12.4. The zero-order valence-corrected chi connectivity index (χ0v) is 13.8. The molecule has 0 bridgehead atoms. The zero-order chi connectivity index (χ0) is 16.8. The van der Waals surface area contributed by atoms with Crippen LogP contribution in [0.3, 0.4) is 0 Å². The minimum absolute atomic E-state index is 0.00948. The third-order valence-corrected chi connectivity index (χ3v) is 3.80. The molecule has 0 saturated carbocycles. The molecular weight excluding hydrogens is 298 g/mol. The highest BCUT2D eigenvalue weighted by Gasteiger charge is 2.14. The van der Waals surface area contributed by atoms with Crippen molar-refractivity contribution in [1.29, 1.82) is 0 Å². The van der Waals surface area contributed by atoms with E-state index in [1.807, 2.05) is 61.5 Å². The van der Waals surface area contributed by atoms with E-state index in [4.69, 9.17) is 0 Å². The molecule has 4 heteroatoms. The Morgan fingerprint density at radius 2 is 1.71 bits per heavy atom. The molecule has 0 aliphatic rings. The van der Waals surface area contributed by atoms with Gasteiger partial charge in [0.15, 0.2) is 0 Å². The predicted octanol–water partition coefficient (Wildman–Crippen LogP) is 4.60. The van der Waals surface area contributed by atoms with E-state index in [0.717, 1.165) is 29.1 Å². The lowest BCUT2D eigenvalue weighted by Crippen LogP contribution is -2.15. The lowest BCUT2D eigenvalue weighted by molar-refractivity contribution is 0.0889. The van der Waals surface area contributed by atoms with E-state index in [1.165, 1.54) is 4.68 Å². The van der Waals surface area contributed by atoms with Gasteiger partial charge in [0.25, 0.3) is 0 Å². The molecule has 0 unspecified atom stereocenters. The zero-order valence-electron chi connectivity index (χ0n) is 13.8. The summed E-state index contributed by atoms with van der Waals surface area (Å²) in [5.41, 5.74) is 2.97. The van der Waals surface area contributed by atoms with Crippen molar-refractivity contribution in [3.63, 3.8) is 0 Å². The van der Waals surface area contributed by atoms with Gasteiger partial charge in [-0.25, -0.2) is 0 Å². The molecule has 0 saturated heterocycles. The molecule has 3 rings (SSSR count). The van der Waals surface area contributed by atoms with Gasteiger partial charge in [-0.1, -0.05) is 67.6 Å². The van der Waals surface area contributed by atoms with Gasteiger partial charge in [-0.3, -0.25) is 4.79 Å². The monoisotopic (exact) mass is 319 g/mol. The number of hydrogen-bond acceptors (Lipinski definition) is 3. The summed E-state index contributed by atoms with van der Waals surface area (Å²) in [6.07, 6.45) is 1.29. The van der Waals surface area contributed by atoms with E-state index in [2.05, 4.69) is 22.5 Å². The summed E-state index contributed by atoms with van der Waals surface area (Å²) in [5.74, 6) is 0.742. The minimum atomic E-state index is 0.00948. The van der Waals surface area contributed by atoms with Gasteiger partial charge in [0.1, 0.15) is 5.82 Å². The van der Waals surface area contributed by atoms with E-state index >= 15 is 0 Å². The number of nitrogens with zero attached hydrogens (tertiary/aromatic N) is 2.